The minimum absolute atomic E-state index is 0.118. The quantitative estimate of drug-likeness (QED) is 0.0628. The summed E-state index contributed by atoms with van der Waals surface area (Å²) >= 11 is 0. The zero-order valence-electron chi connectivity index (χ0n) is 33.8. The second kappa shape index (κ2) is 22.5. The lowest BCUT2D eigenvalue weighted by atomic mass is 9.90. The summed E-state index contributed by atoms with van der Waals surface area (Å²) in [5.41, 5.74) is 15.8. The molecule has 12 nitrogen and oxygen atoms in total. The van der Waals surface area contributed by atoms with Crippen LogP contribution < -0.4 is 32.7 Å². The van der Waals surface area contributed by atoms with Crippen molar-refractivity contribution in [1.29, 1.82) is 0 Å². The lowest BCUT2D eigenvalue weighted by molar-refractivity contribution is -0.133. The van der Waals surface area contributed by atoms with Crippen LogP contribution in [0.5, 0.6) is 0 Å². The molecular weight excluding hydrogens is 733 g/mol. The van der Waals surface area contributed by atoms with E-state index in [1.807, 2.05) is 121 Å². The molecule has 4 amide bonds. The summed E-state index contributed by atoms with van der Waals surface area (Å²) < 4.78 is 0. The van der Waals surface area contributed by atoms with Crippen LogP contribution in [0.25, 0.3) is 0 Å². The van der Waals surface area contributed by atoms with Crippen molar-refractivity contribution in [1.82, 2.24) is 21.3 Å². The zero-order chi connectivity index (χ0) is 42.2. The Hall–Kier alpha value is -5.40. The number of carbonyl (C=O) groups is 4. The molecule has 310 valence electrons. The molecule has 0 heterocycles. The molecule has 58 heavy (non-hydrogen) atoms. The number of amides is 4. The highest BCUT2D eigenvalue weighted by atomic mass is 16.3. The van der Waals surface area contributed by atoms with Crippen molar-refractivity contribution >= 4 is 23.6 Å². The lowest BCUT2D eigenvalue weighted by Crippen LogP contribution is -2.62. The maximum atomic E-state index is 14.0. The number of benzene rings is 4. The molecule has 0 spiro atoms. The number of carbonyl (C=O) groups excluding carboxylic acids is 4. The molecule has 8 atom stereocenters. The average Bonchev–Trinajstić information content (AvgIpc) is 3.21. The SMILES string of the molecule is CC(C)[C@H](NC(=O)[C@@H](N)Cc1ccccc1)C(=O)N[C@@H](Cc1ccccc1)[C@H](O)[C@@H](O)[C@H](Cc1ccccc1)NC(=O)[C@@H](NC(=O)[C@@H](N)Cc1ccccc1)C(C)C. The highest BCUT2D eigenvalue weighted by Gasteiger charge is 2.38. The van der Waals surface area contributed by atoms with Gasteiger partial charge < -0.3 is 42.9 Å². The smallest absolute Gasteiger partial charge is 0.243 e. The second-order valence-corrected chi connectivity index (χ2v) is 15.6. The van der Waals surface area contributed by atoms with Crippen molar-refractivity contribution in [2.24, 2.45) is 23.3 Å². The Balaban J connectivity index is 1.56. The first-order valence-electron chi connectivity index (χ1n) is 20.0. The van der Waals surface area contributed by atoms with E-state index in [1.54, 1.807) is 27.7 Å². The van der Waals surface area contributed by atoms with Gasteiger partial charge in [-0.1, -0.05) is 149 Å². The van der Waals surface area contributed by atoms with Crippen LogP contribution in [0.3, 0.4) is 0 Å². The van der Waals surface area contributed by atoms with Crippen molar-refractivity contribution < 1.29 is 29.4 Å². The highest BCUT2D eigenvalue weighted by molar-refractivity contribution is 5.91. The van der Waals surface area contributed by atoms with Crippen LogP contribution in [0.4, 0.5) is 0 Å². The van der Waals surface area contributed by atoms with Gasteiger partial charge in [0.2, 0.25) is 23.6 Å². The third kappa shape index (κ3) is 13.9. The van der Waals surface area contributed by atoms with Gasteiger partial charge in [0.15, 0.2) is 0 Å². The van der Waals surface area contributed by atoms with Crippen LogP contribution in [-0.4, -0.2) is 82.3 Å². The number of nitrogens with one attached hydrogen (secondary N) is 4. The molecule has 0 aliphatic heterocycles. The minimum Gasteiger partial charge on any atom is -0.388 e. The Morgan fingerprint density at radius 2 is 0.690 bits per heavy atom. The molecule has 0 fully saturated rings. The van der Waals surface area contributed by atoms with Gasteiger partial charge in [0, 0.05) is 0 Å². The first kappa shape index (κ1) is 45.3. The first-order chi connectivity index (χ1) is 27.7. The number of aliphatic hydroxyl groups is 2. The van der Waals surface area contributed by atoms with E-state index in [2.05, 4.69) is 21.3 Å². The van der Waals surface area contributed by atoms with Gasteiger partial charge in [-0.25, -0.2) is 0 Å². The number of hydrogen-bond acceptors (Lipinski definition) is 8. The van der Waals surface area contributed by atoms with E-state index in [4.69, 9.17) is 11.5 Å². The van der Waals surface area contributed by atoms with Gasteiger partial charge in [-0.3, -0.25) is 19.2 Å². The van der Waals surface area contributed by atoms with E-state index >= 15 is 0 Å². The Kier molecular flexibility index (Phi) is 17.6. The van der Waals surface area contributed by atoms with E-state index in [0.717, 1.165) is 22.3 Å². The Bertz CT molecular complexity index is 1730. The van der Waals surface area contributed by atoms with Crippen molar-refractivity contribution in [2.75, 3.05) is 0 Å². The maximum Gasteiger partial charge on any atom is 0.243 e. The summed E-state index contributed by atoms with van der Waals surface area (Å²) in [6.45, 7) is 7.15. The van der Waals surface area contributed by atoms with Crippen molar-refractivity contribution in [2.45, 2.75) is 102 Å². The van der Waals surface area contributed by atoms with E-state index in [1.165, 1.54) is 0 Å². The molecule has 0 aliphatic carbocycles. The van der Waals surface area contributed by atoms with Crippen molar-refractivity contribution in [3.63, 3.8) is 0 Å². The molecule has 0 saturated heterocycles. The summed E-state index contributed by atoms with van der Waals surface area (Å²) in [4.78, 5) is 54.6. The normalized spacial score (nSPS) is 15.6. The number of aliphatic hydroxyl groups excluding tert-OH is 2. The molecule has 0 aliphatic rings. The second-order valence-electron chi connectivity index (χ2n) is 15.6. The molecule has 0 radical (unpaired) electrons. The highest BCUT2D eigenvalue weighted by Crippen LogP contribution is 2.17. The fraction of sp³-hybridized carbons (Fsp3) is 0.391. The van der Waals surface area contributed by atoms with E-state index in [-0.39, 0.29) is 37.5 Å². The monoisotopic (exact) mass is 792 g/mol. The van der Waals surface area contributed by atoms with Gasteiger partial charge in [-0.15, -0.1) is 0 Å². The number of nitrogens with two attached hydrogens (primary N) is 2. The zero-order valence-corrected chi connectivity index (χ0v) is 33.8. The fourth-order valence-corrected chi connectivity index (χ4v) is 6.78. The standard InChI is InChI=1S/C46H60N6O6/c1-29(2)39(51-43(55)35(47)25-31-17-9-5-10-18-31)45(57)49-37(27-33-21-13-7-14-22-33)41(53)42(54)38(28-34-23-15-8-16-24-34)50-46(58)40(30(3)4)52-44(56)36(48)26-32-19-11-6-12-20-32/h5-24,29-30,35-42,53-54H,25-28,47-48H2,1-4H3,(H,49,57)(H,50,58)(H,51,55)(H,52,56)/t35-,36-,37-,38-,39-,40-,41-,42-/m0/s1. The Morgan fingerprint density at radius 3 is 0.948 bits per heavy atom. The predicted octanol–water partition coefficient (Wildman–Crippen LogP) is 2.58. The Morgan fingerprint density at radius 1 is 0.431 bits per heavy atom. The van der Waals surface area contributed by atoms with E-state index in [0.29, 0.717) is 0 Å². The summed E-state index contributed by atoms with van der Waals surface area (Å²) in [5, 5.41) is 35.4. The van der Waals surface area contributed by atoms with Crippen LogP contribution in [0.15, 0.2) is 121 Å². The molecule has 0 unspecified atom stereocenters. The molecule has 0 saturated carbocycles. The topological polar surface area (TPSA) is 209 Å². The van der Waals surface area contributed by atoms with Crippen LogP contribution in [-0.2, 0) is 44.9 Å². The molecule has 12 heteroatoms. The van der Waals surface area contributed by atoms with Crippen molar-refractivity contribution in [3.8, 4) is 0 Å². The van der Waals surface area contributed by atoms with Gasteiger partial charge in [0.05, 0.1) is 24.2 Å². The maximum absolute atomic E-state index is 14.0. The number of rotatable bonds is 21. The summed E-state index contributed by atoms with van der Waals surface area (Å²) in [7, 11) is 0. The minimum atomic E-state index is -1.60. The molecule has 4 aromatic rings. The molecule has 10 N–H and O–H groups in total. The lowest BCUT2D eigenvalue weighted by Gasteiger charge is -2.35. The molecule has 4 rings (SSSR count). The van der Waals surface area contributed by atoms with Crippen LogP contribution in [0.1, 0.15) is 49.9 Å². The predicted molar refractivity (Wildman–Crippen MR) is 226 cm³/mol. The van der Waals surface area contributed by atoms with Crippen LogP contribution >= 0.6 is 0 Å². The third-order valence-corrected chi connectivity index (χ3v) is 10.2. The largest absolute Gasteiger partial charge is 0.388 e. The van der Waals surface area contributed by atoms with Gasteiger partial charge in [-0.2, -0.15) is 0 Å². The van der Waals surface area contributed by atoms with Gasteiger partial charge in [0.25, 0.3) is 0 Å². The summed E-state index contributed by atoms with van der Waals surface area (Å²) in [6, 6.07) is 31.0. The molecular formula is C46H60N6O6. The number of hydrogen-bond donors (Lipinski definition) is 8. The van der Waals surface area contributed by atoms with Gasteiger partial charge in [0.1, 0.15) is 24.3 Å². The molecule has 4 aromatic carbocycles. The van der Waals surface area contributed by atoms with Crippen LogP contribution in [0.2, 0.25) is 0 Å². The summed E-state index contributed by atoms with van der Waals surface area (Å²) in [5.74, 6) is -2.86. The van der Waals surface area contributed by atoms with Crippen LogP contribution in [0, 0.1) is 11.8 Å². The average molecular weight is 793 g/mol. The Labute approximate surface area is 342 Å². The summed E-state index contributed by atoms with van der Waals surface area (Å²) in [6.07, 6.45) is -2.42. The van der Waals surface area contributed by atoms with E-state index < -0.39 is 72.1 Å². The van der Waals surface area contributed by atoms with E-state index in [9.17, 15) is 29.4 Å². The van der Waals surface area contributed by atoms with Gasteiger partial charge in [-0.05, 0) is 59.8 Å². The fourth-order valence-electron chi connectivity index (χ4n) is 6.78. The van der Waals surface area contributed by atoms with Gasteiger partial charge >= 0.3 is 0 Å². The van der Waals surface area contributed by atoms with Crippen molar-refractivity contribution in [3.05, 3.63) is 144 Å². The third-order valence-electron chi connectivity index (χ3n) is 10.2. The molecule has 0 aromatic heterocycles. The first-order valence-corrected chi connectivity index (χ1v) is 20.0. The molecule has 0 bridgehead atoms.